The maximum absolute atomic E-state index is 11.6. The summed E-state index contributed by atoms with van der Waals surface area (Å²) in [6, 6.07) is 5.88. The predicted octanol–water partition coefficient (Wildman–Crippen LogP) is 1.41. The summed E-state index contributed by atoms with van der Waals surface area (Å²) in [5.41, 5.74) is 1.93. The summed E-state index contributed by atoms with van der Waals surface area (Å²) in [4.78, 5) is 14.3. The van der Waals surface area contributed by atoms with Gasteiger partial charge in [-0.15, -0.1) is 17.9 Å². The van der Waals surface area contributed by atoms with Crippen LogP contribution in [0.5, 0.6) is 5.75 Å². The zero-order valence-corrected chi connectivity index (χ0v) is 11.5. The Morgan fingerprint density at radius 3 is 2.79 bits per heavy atom. The first kappa shape index (κ1) is 13.4. The normalized spacial score (nSPS) is 11.5. The predicted molar refractivity (Wildman–Crippen MR) is 80.2 cm³/mol. The van der Waals surface area contributed by atoms with Gasteiger partial charge >= 0.3 is 0 Å². The summed E-state index contributed by atoms with van der Waals surface area (Å²) in [5.74, 6) is 0.772. The Labute approximate surface area is 115 Å². The third-order valence-electron chi connectivity index (χ3n) is 2.61. The van der Waals surface area contributed by atoms with Gasteiger partial charge in [0.2, 0.25) is 0 Å². The summed E-state index contributed by atoms with van der Waals surface area (Å²) >= 11 is 1.35. The summed E-state index contributed by atoms with van der Waals surface area (Å²) in [7, 11) is 1.63. The second-order valence-corrected chi connectivity index (χ2v) is 5.23. The highest BCUT2D eigenvalue weighted by Crippen LogP contribution is 2.18. The van der Waals surface area contributed by atoms with Crippen molar-refractivity contribution in [1.29, 1.82) is 0 Å². The first-order valence-corrected chi connectivity index (χ1v) is 6.62. The van der Waals surface area contributed by atoms with Crippen LogP contribution in [0.1, 0.15) is 11.1 Å². The highest BCUT2D eigenvalue weighted by atomic mass is 32.1. The molecule has 1 aromatic heterocycles. The summed E-state index contributed by atoms with van der Waals surface area (Å²) in [6.07, 6.45) is 4.44. The molecule has 2 aromatic rings. The van der Waals surface area contributed by atoms with Crippen molar-refractivity contribution < 1.29 is 4.74 Å². The Morgan fingerprint density at radius 1 is 1.42 bits per heavy atom. The molecule has 1 N–H and O–H groups in total. The van der Waals surface area contributed by atoms with E-state index in [0.29, 0.717) is 9.20 Å². The van der Waals surface area contributed by atoms with E-state index >= 15 is 0 Å². The molecule has 0 fully saturated rings. The number of allylic oxidation sites excluding steroid dienone is 1. The van der Waals surface area contributed by atoms with E-state index in [0.717, 1.165) is 23.3 Å². The molecule has 98 valence electrons. The summed E-state index contributed by atoms with van der Waals surface area (Å²) in [5, 5.41) is 0. The number of H-pyrrole nitrogens is 1. The number of aromatic amines is 1. The minimum absolute atomic E-state index is 0.108. The Hall–Kier alpha value is -2.07. The highest BCUT2D eigenvalue weighted by Gasteiger charge is 2.00. The van der Waals surface area contributed by atoms with E-state index in [4.69, 9.17) is 4.74 Å². The number of methoxy groups -OCH3 is 1. The zero-order chi connectivity index (χ0) is 13.8. The molecule has 0 radical (unpaired) electrons. The molecule has 1 aromatic carbocycles. The average Bonchev–Trinajstić information content (AvgIpc) is 2.68. The number of thiazole rings is 1. The summed E-state index contributed by atoms with van der Waals surface area (Å²) < 4.78 is 6.57. The van der Waals surface area contributed by atoms with Gasteiger partial charge < -0.3 is 9.72 Å². The van der Waals surface area contributed by atoms with Crippen molar-refractivity contribution in [1.82, 2.24) is 4.98 Å². The molecule has 0 aliphatic carbocycles. The molecule has 0 unspecified atom stereocenters. The standard InChI is InChI=1S/C15H15NO2S/c1-4-5-11-6-12(8-13(7-11)18-3)9-14-15(17)16-10(2)19-14/h4,6-9H,1-2,5H2,3H3,(H,16,17)/b14-9-. The average molecular weight is 273 g/mol. The van der Waals surface area contributed by atoms with Crippen LogP contribution in [0.15, 0.2) is 35.6 Å². The van der Waals surface area contributed by atoms with Gasteiger partial charge in [0, 0.05) is 0 Å². The van der Waals surface area contributed by atoms with E-state index in [-0.39, 0.29) is 5.56 Å². The SMILES string of the molecule is C=CCc1cc(/C=c2\sc(=C)[nH]c2=O)cc(OC)c1. The van der Waals surface area contributed by atoms with Crippen LogP contribution in [-0.2, 0) is 6.42 Å². The molecule has 1 heterocycles. The van der Waals surface area contributed by atoms with Gasteiger partial charge in [0.1, 0.15) is 5.75 Å². The lowest BCUT2D eigenvalue weighted by Gasteiger charge is -2.05. The van der Waals surface area contributed by atoms with Gasteiger partial charge in [-0.05, 0) is 35.8 Å². The minimum Gasteiger partial charge on any atom is -0.497 e. The number of aromatic nitrogens is 1. The fourth-order valence-corrected chi connectivity index (χ4v) is 2.56. The number of rotatable bonds is 4. The van der Waals surface area contributed by atoms with E-state index in [1.54, 1.807) is 7.11 Å². The van der Waals surface area contributed by atoms with Gasteiger partial charge in [0.25, 0.3) is 5.56 Å². The Balaban J connectivity index is 2.56. The number of hydrogen-bond donors (Lipinski definition) is 1. The van der Waals surface area contributed by atoms with Crippen LogP contribution in [-0.4, -0.2) is 12.1 Å². The van der Waals surface area contributed by atoms with Crippen molar-refractivity contribution in [2.24, 2.45) is 0 Å². The number of nitrogens with one attached hydrogen (secondary N) is 1. The van der Waals surface area contributed by atoms with Crippen molar-refractivity contribution >= 4 is 24.0 Å². The van der Waals surface area contributed by atoms with Gasteiger partial charge in [0.05, 0.1) is 16.3 Å². The maximum atomic E-state index is 11.6. The van der Waals surface area contributed by atoms with Gasteiger partial charge in [-0.1, -0.05) is 18.7 Å². The monoisotopic (exact) mass is 273 g/mol. The first-order chi connectivity index (χ1) is 9.12. The largest absolute Gasteiger partial charge is 0.497 e. The van der Waals surface area contributed by atoms with Gasteiger partial charge in [-0.2, -0.15) is 0 Å². The number of hydrogen-bond acceptors (Lipinski definition) is 3. The molecular weight excluding hydrogens is 258 g/mol. The summed E-state index contributed by atoms with van der Waals surface area (Å²) in [6.45, 7) is 7.46. The fourth-order valence-electron chi connectivity index (χ4n) is 1.81. The highest BCUT2D eigenvalue weighted by molar-refractivity contribution is 7.07. The van der Waals surface area contributed by atoms with E-state index in [2.05, 4.69) is 18.1 Å². The number of ether oxygens (including phenoxy) is 1. The topological polar surface area (TPSA) is 42.1 Å². The lowest BCUT2D eigenvalue weighted by Crippen LogP contribution is -2.19. The smallest absolute Gasteiger partial charge is 0.266 e. The van der Waals surface area contributed by atoms with Crippen LogP contribution in [0.4, 0.5) is 0 Å². The van der Waals surface area contributed by atoms with Crippen LogP contribution < -0.4 is 19.5 Å². The minimum atomic E-state index is -0.108. The number of benzene rings is 1. The van der Waals surface area contributed by atoms with Crippen LogP contribution in [0.25, 0.3) is 12.7 Å². The molecule has 2 rings (SSSR count). The van der Waals surface area contributed by atoms with Gasteiger partial charge in [-0.3, -0.25) is 4.79 Å². The first-order valence-electron chi connectivity index (χ1n) is 5.81. The van der Waals surface area contributed by atoms with E-state index < -0.39 is 0 Å². The van der Waals surface area contributed by atoms with Crippen LogP contribution in [0.2, 0.25) is 0 Å². The molecule has 0 aliphatic rings. The molecule has 19 heavy (non-hydrogen) atoms. The molecule has 3 nitrogen and oxygen atoms in total. The van der Waals surface area contributed by atoms with Crippen LogP contribution in [0, 0.1) is 0 Å². The second kappa shape index (κ2) is 5.71. The van der Waals surface area contributed by atoms with Crippen molar-refractivity contribution in [2.75, 3.05) is 7.11 Å². The van der Waals surface area contributed by atoms with Crippen LogP contribution in [0.3, 0.4) is 0 Å². The van der Waals surface area contributed by atoms with Gasteiger partial charge in [0.15, 0.2) is 0 Å². The molecule has 0 spiro atoms. The molecule has 0 aliphatic heterocycles. The second-order valence-electron chi connectivity index (χ2n) is 4.10. The molecule has 0 amide bonds. The van der Waals surface area contributed by atoms with Crippen molar-refractivity contribution in [3.8, 4) is 5.75 Å². The molecule has 0 saturated heterocycles. The van der Waals surface area contributed by atoms with Crippen molar-refractivity contribution in [2.45, 2.75) is 6.42 Å². The molecule has 0 bridgehead atoms. The van der Waals surface area contributed by atoms with Crippen LogP contribution >= 0.6 is 11.3 Å². The molecule has 0 atom stereocenters. The molecule has 0 saturated carbocycles. The zero-order valence-electron chi connectivity index (χ0n) is 10.7. The van der Waals surface area contributed by atoms with Crippen molar-refractivity contribution in [3.63, 3.8) is 0 Å². The lowest BCUT2D eigenvalue weighted by atomic mass is 10.1. The quantitative estimate of drug-likeness (QED) is 0.856. The van der Waals surface area contributed by atoms with Gasteiger partial charge in [-0.25, -0.2) is 0 Å². The van der Waals surface area contributed by atoms with E-state index in [1.807, 2.05) is 30.4 Å². The van der Waals surface area contributed by atoms with Crippen molar-refractivity contribution in [3.05, 3.63) is 61.5 Å². The Bertz CT molecular complexity index is 755. The van der Waals surface area contributed by atoms with E-state index in [9.17, 15) is 4.79 Å². The third kappa shape index (κ3) is 3.23. The fraction of sp³-hybridized carbons (Fsp3) is 0.133. The third-order valence-corrected chi connectivity index (χ3v) is 3.48. The maximum Gasteiger partial charge on any atom is 0.266 e. The lowest BCUT2D eigenvalue weighted by molar-refractivity contribution is 0.414. The molecular formula is C15H15NO2S. The Morgan fingerprint density at radius 2 is 2.21 bits per heavy atom. The Kier molecular flexibility index (Phi) is 4.02. The van der Waals surface area contributed by atoms with E-state index in [1.165, 1.54) is 11.3 Å². The molecule has 4 heteroatoms.